The number of amides is 1. The fourth-order valence-electron chi connectivity index (χ4n) is 2.70. The summed E-state index contributed by atoms with van der Waals surface area (Å²) in [6, 6.07) is 4.67. The molecule has 1 unspecified atom stereocenters. The van der Waals surface area contributed by atoms with Gasteiger partial charge in [-0.15, -0.1) is 0 Å². The van der Waals surface area contributed by atoms with E-state index in [4.69, 9.17) is 5.11 Å². The molecule has 3 rings (SSSR count). The first-order valence-corrected chi connectivity index (χ1v) is 8.76. The number of carbonyl (C=O) groups is 1. The van der Waals surface area contributed by atoms with Gasteiger partial charge in [-0.1, -0.05) is 0 Å². The summed E-state index contributed by atoms with van der Waals surface area (Å²) in [6.45, 7) is 0.607. The summed E-state index contributed by atoms with van der Waals surface area (Å²) in [6.07, 6.45) is 2.00. The van der Waals surface area contributed by atoms with Gasteiger partial charge in [-0.2, -0.15) is 16.9 Å². The van der Waals surface area contributed by atoms with Crippen LogP contribution in [0.3, 0.4) is 0 Å². The van der Waals surface area contributed by atoms with Gasteiger partial charge in [-0.25, -0.2) is 13.5 Å². The van der Waals surface area contributed by atoms with E-state index in [0.717, 1.165) is 23.6 Å². The second kappa shape index (κ2) is 7.31. The smallest absolute Gasteiger partial charge is 0.274 e. The molecule has 0 saturated carbocycles. The van der Waals surface area contributed by atoms with Crippen LogP contribution in [0.2, 0.25) is 0 Å². The number of thioether (sulfide) groups is 1. The van der Waals surface area contributed by atoms with Crippen LogP contribution in [0, 0.1) is 11.6 Å². The molecule has 8 heteroatoms. The Balaban J connectivity index is 1.82. The third kappa shape index (κ3) is 3.44. The van der Waals surface area contributed by atoms with E-state index in [1.54, 1.807) is 16.7 Å². The molecule has 128 valence electrons. The van der Waals surface area contributed by atoms with E-state index in [1.165, 1.54) is 23.0 Å². The van der Waals surface area contributed by atoms with Crippen molar-refractivity contribution in [2.45, 2.75) is 12.5 Å². The van der Waals surface area contributed by atoms with Gasteiger partial charge in [0.1, 0.15) is 11.5 Å². The highest BCUT2D eigenvalue weighted by Crippen LogP contribution is 2.21. The second-order valence-electron chi connectivity index (χ2n) is 5.48. The molecule has 0 aliphatic carbocycles. The average molecular weight is 353 g/mol. The van der Waals surface area contributed by atoms with Crippen LogP contribution in [0.25, 0.3) is 5.69 Å². The molecule has 0 bridgehead atoms. The Labute approximate surface area is 142 Å². The van der Waals surface area contributed by atoms with Crippen LogP contribution in [0.4, 0.5) is 8.78 Å². The maximum absolute atomic E-state index is 13.8. The lowest BCUT2D eigenvalue weighted by atomic mass is 10.2. The summed E-state index contributed by atoms with van der Waals surface area (Å²) in [7, 11) is 0. The number of benzene rings is 1. The number of hydrogen-bond donors (Lipinski definition) is 1. The highest BCUT2D eigenvalue weighted by atomic mass is 32.2. The van der Waals surface area contributed by atoms with Gasteiger partial charge in [0.15, 0.2) is 11.5 Å². The number of carbonyl (C=O) groups excluding carboxylic acids is 1. The maximum Gasteiger partial charge on any atom is 0.274 e. The molecule has 0 radical (unpaired) electrons. The summed E-state index contributed by atoms with van der Waals surface area (Å²) in [4.78, 5) is 14.4. The number of halogens is 2. The molecule has 1 amide bonds. The van der Waals surface area contributed by atoms with Gasteiger partial charge in [0, 0.05) is 43.0 Å². The summed E-state index contributed by atoms with van der Waals surface area (Å²) in [5, 5.41) is 13.3. The van der Waals surface area contributed by atoms with Gasteiger partial charge in [0.25, 0.3) is 5.91 Å². The van der Waals surface area contributed by atoms with Gasteiger partial charge in [0.05, 0.1) is 0 Å². The van der Waals surface area contributed by atoms with Gasteiger partial charge >= 0.3 is 0 Å². The molecule has 1 fully saturated rings. The van der Waals surface area contributed by atoms with Crippen molar-refractivity contribution in [3.63, 3.8) is 0 Å². The van der Waals surface area contributed by atoms with E-state index in [0.29, 0.717) is 13.0 Å². The first kappa shape index (κ1) is 16.9. The number of hydrogen-bond acceptors (Lipinski definition) is 4. The van der Waals surface area contributed by atoms with E-state index >= 15 is 0 Å². The van der Waals surface area contributed by atoms with Crippen LogP contribution in [0.5, 0.6) is 0 Å². The second-order valence-corrected chi connectivity index (χ2v) is 6.63. The molecule has 24 heavy (non-hydrogen) atoms. The van der Waals surface area contributed by atoms with Crippen molar-refractivity contribution in [1.82, 2.24) is 14.7 Å². The van der Waals surface area contributed by atoms with Crippen LogP contribution in [0.15, 0.2) is 30.5 Å². The Bertz CT molecular complexity index is 736. The predicted molar refractivity (Wildman–Crippen MR) is 87.3 cm³/mol. The molecule has 1 aliphatic rings. The van der Waals surface area contributed by atoms with Crippen molar-refractivity contribution in [1.29, 1.82) is 0 Å². The van der Waals surface area contributed by atoms with E-state index in [1.807, 2.05) is 0 Å². The topological polar surface area (TPSA) is 58.4 Å². The summed E-state index contributed by atoms with van der Waals surface area (Å²) in [5.74, 6) is -0.0439. The minimum Gasteiger partial charge on any atom is -0.396 e. The zero-order valence-corrected chi connectivity index (χ0v) is 13.7. The lowest BCUT2D eigenvalue weighted by Crippen LogP contribution is -2.46. The van der Waals surface area contributed by atoms with E-state index in [9.17, 15) is 13.6 Å². The zero-order valence-electron chi connectivity index (χ0n) is 12.9. The summed E-state index contributed by atoms with van der Waals surface area (Å²) >= 11 is 1.75. The maximum atomic E-state index is 13.8. The lowest BCUT2D eigenvalue weighted by Gasteiger charge is -2.34. The van der Waals surface area contributed by atoms with Gasteiger partial charge < -0.3 is 10.0 Å². The fraction of sp³-hybridized carbons (Fsp3) is 0.375. The molecule has 1 atom stereocenters. The molecule has 2 heterocycles. The van der Waals surface area contributed by atoms with Crippen molar-refractivity contribution < 1.29 is 18.7 Å². The quantitative estimate of drug-likeness (QED) is 0.914. The Kier molecular flexibility index (Phi) is 5.15. The molecule has 1 N–H and O–H groups in total. The third-order valence-electron chi connectivity index (χ3n) is 3.92. The first-order valence-electron chi connectivity index (χ1n) is 7.61. The number of aromatic nitrogens is 2. The van der Waals surface area contributed by atoms with Crippen LogP contribution in [0.1, 0.15) is 16.9 Å². The third-order valence-corrected chi connectivity index (χ3v) is 5.01. The lowest BCUT2D eigenvalue weighted by molar-refractivity contribution is 0.0671. The SMILES string of the molecule is O=C(c1ccn(-c2ccc(F)cc2F)n1)N1CCSCC1CCO. The number of aliphatic hydroxyl groups is 1. The van der Waals surface area contributed by atoms with Gasteiger partial charge in [-0.05, 0) is 24.6 Å². The highest BCUT2D eigenvalue weighted by Gasteiger charge is 2.28. The molecule has 0 spiro atoms. The van der Waals surface area contributed by atoms with Crippen LogP contribution in [-0.2, 0) is 0 Å². The molecular weight excluding hydrogens is 336 g/mol. The highest BCUT2D eigenvalue weighted by molar-refractivity contribution is 7.99. The molecule has 1 aliphatic heterocycles. The molecule has 5 nitrogen and oxygen atoms in total. The normalized spacial score (nSPS) is 18.0. The fourth-order valence-corrected chi connectivity index (χ4v) is 3.81. The van der Waals surface area contributed by atoms with E-state index in [-0.39, 0.29) is 29.9 Å². The Hall–Kier alpha value is -1.93. The predicted octanol–water partition coefficient (Wildman–Crippen LogP) is 2.09. The van der Waals surface area contributed by atoms with Gasteiger partial charge in [0.2, 0.25) is 0 Å². The van der Waals surface area contributed by atoms with E-state index in [2.05, 4.69) is 5.10 Å². The summed E-state index contributed by atoms with van der Waals surface area (Å²) < 4.78 is 28.1. The minimum atomic E-state index is -0.746. The standard InChI is InChI=1S/C16H17F2N3O2S/c17-11-1-2-15(13(18)9-11)21-5-3-14(19-21)16(23)20-6-8-24-10-12(20)4-7-22/h1-3,5,9,12,22H,4,6-8,10H2. The molecule has 1 aromatic carbocycles. The van der Waals surface area contributed by atoms with Crippen molar-refractivity contribution in [3.05, 3.63) is 47.8 Å². The number of aliphatic hydroxyl groups excluding tert-OH is 1. The van der Waals surface area contributed by atoms with Crippen LogP contribution < -0.4 is 0 Å². The van der Waals surface area contributed by atoms with Crippen LogP contribution in [-0.4, -0.2) is 56.4 Å². The molecular formula is C16H17F2N3O2S. The summed E-state index contributed by atoms with van der Waals surface area (Å²) in [5.41, 5.74) is 0.283. The van der Waals surface area contributed by atoms with Gasteiger partial charge in [-0.3, -0.25) is 4.79 Å². The van der Waals surface area contributed by atoms with Crippen molar-refractivity contribution >= 4 is 17.7 Å². The Morgan fingerprint density at radius 3 is 2.96 bits per heavy atom. The van der Waals surface area contributed by atoms with Crippen LogP contribution >= 0.6 is 11.8 Å². The molecule has 1 aromatic heterocycles. The Morgan fingerprint density at radius 2 is 2.21 bits per heavy atom. The number of nitrogens with zero attached hydrogens (tertiary/aromatic N) is 3. The average Bonchev–Trinajstić information content (AvgIpc) is 3.05. The van der Waals surface area contributed by atoms with Crippen molar-refractivity contribution in [2.75, 3.05) is 24.7 Å². The first-order chi connectivity index (χ1) is 11.6. The van der Waals surface area contributed by atoms with Crippen molar-refractivity contribution in [2.24, 2.45) is 0 Å². The van der Waals surface area contributed by atoms with E-state index < -0.39 is 11.6 Å². The molecule has 1 saturated heterocycles. The monoisotopic (exact) mass is 353 g/mol. The zero-order chi connectivity index (χ0) is 17.1. The minimum absolute atomic E-state index is 0.0181. The van der Waals surface area contributed by atoms with Crippen molar-refractivity contribution in [3.8, 4) is 5.69 Å². The number of rotatable bonds is 4. The molecule has 2 aromatic rings. The Morgan fingerprint density at radius 1 is 1.38 bits per heavy atom. The largest absolute Gasteiger partial charge is 0.396 e.